The van der Waals surface area contributed by atoms with Crippen molar-refractivity contribution < 1.29 is 4.79 Å². The highest BCUT2D eigenvalue weighted by Gasteiger charge is 2.25. The summed E-state index contributed by atoms with van der Waals surface area (Å²) >= 11 is 0. The lowest BCUT2D eigenvalue weighted by atomic mass is 10.3. The predicted molar refractivity (Wildman–Crippen MR) is 60.2 cm³/mol. The molecule has 0 aliphatic rings. The first-order valence-corrected chi connectivity index (χ1v) is 8.23. The van der Waals surface area contributed by atoms with E-state index < -0.39 is 8.24 Å². The summed E-state index contributed by atoms with van der Waals surface area (Å²) in [6, 6.07) is 0. The molecule has 0 saturated heterocycles. The Balaban J connectivity index is 4.12. The van der Waals surface area contributed by atoms with Crippen LogP contribution in [0, 0.1) is 0 Å². The minimum atomic E-state index is -1.45. The quantitative estimate of drug-likeness (QED) is 0.379. The second-order valence-electron chi connectivity index (χ2n) is 4.27. The Hall–Kier alpha value is -0.573. The summed E-state index contributed by atoms with van der Waals surface area (Å²) in [5.74, 6) is 0.211. The molecule has 0 atom stereocenters. The van der Waals surface area contributed by atoms with Crippen LogP contribution >= 0.6 is 0 Å². The van der Waals surface area contributed by atoms with E-state index in [2.05, 4.69) is 26.2 Å². The van der Waals surface area contributed by atoms with Gasteiger partial charge in [-0.15, -0.1) is 6.58 Å². The fourth-order valence-corrected chi connectivity index (χ4v) is 3.13. The molecule has 0 unspecified atom stereocenters. The van der Waals surface area contributed by atoms with Crippen LogP contribution in [0.15, 0.2) is 12.7 Å². The van der Waals surface area contributed by atoms with Gasteiger partial charge in [0, 0.05) is 13.5 Å². The molecule has 0 aliphatic carbocycles. The molecule has 0 spiro atoms. The van der Waals surface area contributed by atoms with Crippen molar-refractivity contribution in [3.05, 3.63) is 12.7 Å². The highest BCUT2D eigenvalue weighted by atomic mass is 28.3. The van der Waals surface area contributed by atoms with Crippen LogP contribution in [0.5, 0.6) is 0 Å². The molecule has 0 aromatic carbocycles. The Morgan fingerprint density at radius 1 is 1.46 bits per heavy atom. The van der Waals surface area contributed by atoms with Crippen LogP contribution in [0.4, 0.5) is 0 Å². The predicted octanol–water partition coefficient (Wildman–Crippen LogP) is 2.64. The summed E-state index contributed by atoms with van der Waals surface area (Å²) in [5, 5.41) is 0. The van der Waals surface area contributed by atoms with Crippen molar-refractivity contribution >= 4 is 14.1 Å². The lowest BCUT2D eigenvalue weighted by molar-refractivity contribution is -0.124. The molecule has 2 nitrogen and oxygen atoms in total. The van der Waals surface area contributed by atoms with Crippen LogP contribution in [0.3, 0.4) is 0 Å². The van der Waals surface area contributed by atoms with Gasteiger partial charge in [-0.2, -0.15) is 0 Å². The van der Waals surface area contributed by atoms with E-state index in [4.69, 9.17) is 0 Å². The van der Waals surface area contributed by atoms with Gasteiger partial charge < -0.3 is 4.57 Å². The van der Waals surface area contributed by atoms with Gasteiger partial charge >= 0.3 is 0 Å². The molecule has 0 aromatic rings. The molecule has 0 aromatic heterocycles. The summed E-state index contributed by atoms with van der Waals surface area (Å²) < 4.78 is 2.04. The SMILES string of the molecule is C=CCCCN(C(C)=O)[Si](C)(C)C. The van der Waals surface area contributed by atoms with E-state index >= 15 is 0 Å². The van der Waals surface area contributed by atoms with Gasteiger partial charge in [-0.1, -0.05) is 25.7 Å². The maximum absolute atomic E-state index is 11.3. The molecule has 13 heavy (non-hydrogen) atoms. The van der Waals surface area contributed by atoms with E-state index in [1.165, 1.54) is 0 Å². The Labute approximate surface area is 82.7 Å². The number of hydrogen-bond donors (Lipinski definition) is 0. The van der Waals surface area contributed by atoms with Gasteiger partial charge in [-0.3, -0.25) is 4.79 Å². The summed E-state index contributed by atoms with van der Waals surface area (Å²) in [6.45, 7) is 12.8. The fraction of sp³-hybridized carbons (Fsp3) is 0.700. The van der Waals surface area contributed by atoms with Crippen LogP contribution in [0.1, 0.15) is 19.8 Å². The van der Waals surface area contributed by atoms with Gasteiger partial charge in [0.25, 0.3) is 0 Å². The lowest BCUT2D eigenvalue weighted by Gasteiger charge is -2.33. The van der Waals surface area contributed by atoms with Gasteiger partial charge in [-0.05, 0) is 12.8 Å². The molecule has 1 amide bonds. The van der Waals surface area contributed by atoms with Gasteiger partial charge in [0.05, 0.1) is 0 Å². The summed E-state index contributed by atoms with van der Waals surface area (Å²) in [7, 11) is -1.45. The van der Waals surface area contributed by atoms with Crippen molar-refractivity contribution in [2.24, 2.45) is 0 Å². The molecule has 0 aliphatic heterocycles. The summed E-state index contributed by atoms with van der Waals surface area (Å²) in [6.07, 6.45) is 3.93. The number of carbonyl (C=O) groups is 1. The minimum Gasteiger partial charge on any atom is -0.370 e. The van der Waals surface area contributed by atoms with Crippen LogP contribution in [0.25, 0.3) is 0 Å². The van der Waals surface area contributed by atoms with Gasteiger partial charge in [0.15, 0.2) is 8.24 Å². The Bertz CT molecular complexity index is 184. The first kappa shape index (κ1) is 12.4. The first-order valence-electron chi connectivity index (χ1n) is 4.78. The zero-order valence-corrected chi connectivity index (χ0v) is 10.3. The highest BCUT2D eigenvalue weighted by molar-refractivity contribution is 6.75. The number of allylic oxidation sites excluding steroid dienone is 1. The Morgan fingerprint density at radius 3 is 2.31 bits per heavy atom. The van der Waals surface area contributed by atoms with Crippen LogP contribution in [-0.2, 0) is 4.79 Å². The third-order valence-corrected chi connectivity index (χ3v) is 4.14. The normalized spacial score (nSPS) is 11.1. The number of amides is 1. The average Bonchev–Trinajstić information content (AvgIpc) is 1.94. The van der Waals surface area contributed by atoms with Crippen LogP contribution in [-0.4, -0.2) is 25.3 Å². The zero-order valence-electron chi connectivity index (χ0n) is 9.26. The van der Waals surface area contributed by atoms with Crippen molar-refractivity contribution in [1.82, 2.24) is 4.57 Å². The monoisotopic (exact) mass is 199 g/mol. The second-order valence-corrected chi connectivity index (χ2v) is 9.15. The second kappa shape index (κ2) is 5.22. The Morgan fingerprint density at radius 2 is 2.00 bits per heavy atom. The molecule has 0 radical (unpaired) electrons. The molecule has 76 valence electrons. The van der Waals surface area contributed by atoms with Gasteiger partial charge in [0.2, 0.25) is 5.91 Å². The minimum absolute atomic E-state index is 0.211. The van der Waals surface area contributed by atoms with Crippen LogP contribution in [0.2, 0.25) is 19.6 Å². The molecule has 0 rings (SSSR count). The Kier molecular flexibility index (Phi) is 4.99. The van der Waals surface area contributed by atoms with Crippen molar-refractivity contribution in [1.29, 1.82) is 0 Å². The molecule has 0 N–H and O–H groups in total. The van der Waals surface area contributed by atoms with Crippen molar-refractivity contribution in [3.63, 3.8) is 0 Å². The maximum Gasteiger partial charge on any atom is 0.211 e. The van der Waals surface area contributed by atoms with E-state index in [1.54, 1.807) is 6.92 Å². The van der Waals surface area contributed by atoms with E-state index in [9.17, 15) is 4.79 Å². The highest BCUT2D eigenvalue weighted by Crippen LogP contribution is 2.10. The van der Waals surface area contributed by atoms with E-state index in [1.807, 2.05) is 10.6 Å². The topological polar surface area (TPSA) is 20.3 Å². The standard InChI is InChI=1S/C10H21NOSi/c1-6-7-8-9-11(10(2)12)13(3,4)5/h6H,1,7-9H2,2-5H3. The molecular formula is C10H21NOSi. The third kappa shape index (κ3) is 4.88. The maximum atomic E-state index is 11.3. The largest absolute Gasteiger partial charge is 0.370 e. The zero-order chi connectivity index (χ0) is 10.5. The molecule has 0 bridgehead atoms. The smallest absolute Gasteiger partial charge is 0.211 e. The van der Waals surface area contributed by atoms with Crippen molar-refractivity contribution in [2.75, 3.05) is 6.54 Å². The number of carbonyl (C=O) groups excluding carboxylic acids is 1. The van der Waals surface area contributed by atoms with Gasteiger partial charge in [-0.25, -0.2) is 0 Å². The van der Waals surface area contributed by atoms with Crippen molar-refractivity contribution in [3.8, 4) is 0 Å². The van der Waals surface area contributed by atoms with E-state index in [0.29, 0.717) is 0 Å². The summed E-state index contributed by atoms with van der Waals surface area (Å²) in [5.41, 5.74) is 0. The number of rotatable bonds is 5. The third-order valence-electron chi connectivity index (χ3n) is 1.98. The van der Waals surface area contributed by atoms with E-state index in [0.717, 1.165) is 19.4 Å². The molecular weight excluding hydrogens is 178 g/mol. The number of nitrogens with zero attached hydrogens (tertiary/aromatic N) is 1. The van der Waals surface area contributed by atoms with E-state index in [-0.39, 0.29) is 5.91 Å². The molecule has 0 saturated carbocycles. The summed E-state index contributed by atoms with van der Waals surface area (Å²) in [4.78, 5) is 11.3. The average molecular weight is 199 g/mol. The lowest BCUT2D eigenvalue weighted by Crippen LogP contribution is -2.49. The molecule has 0 fully saturated rings. The van der Waals surface area contributed by atoms with Gasteiger partial charge in [0.1, 0.15) is 0 Å². The molecule has 3 heteroatoms. The fourth-order valence-electron chi connectivity index (χ4n) is 1.36. The molecule has 0 heterocycles. The van der Waals surface area contributed by atoms with Crippen LogP contribution < -0.4 is 0 Å². The van der Waals surface area contributed by atoms with Crippen molar-refractivity contribution in [2.45, 2.75) is 39.4 Å². The number of unbranched alkanes of at least 4 members (excludes halogenated alkanes) is 1. The number of hydrogen-bond acceptors (Lipinski definition) is 1. The first-order chi connectivity index (χ1) is 5.89.